The largest absolute Gasteiger partial charge is 0.194 e. The summed E-state index contributed by atoms with van der Waals surface area (Å²) in [6.07, 6.45) is 7.78. The smallest absolute Gasteiger partial charge is 0.0708 e. The topological polar surface area (TPSA) is 24.7 Å². The standard InChI is InChI=1S/C9H18N2/c1-2-8-10-11-9-6-4-3-5-7-9/h9H,2-8H2,1H3. The fourth-order valence-corrected chi connectivity index (χ4v) is 1.47. The molecule has 0 heterocycles. The van der Waals surface area contributed by atoms with Crippen LogP contribution in [-0.4, -0.2) is 12.6 Å². The van der Waals surface area contributed by atoms with Crippen molar-refractivity contribution in [3.63, 3.8) is 0 Å². The van der Waals surface area contributed by atoms with Gasteiger partial charge in [-0.2, -0.15) is 10.2 Å². The highest BCUT2D eigenvalue weighted by atomic mass is 15.1. The second-order valence-corrected chi connectivity index (χ2v) is 3.27. The van der Waals surface area contributed by atoms with E-state index in [4.69, 9.17) is 0 Å². The Morgan fingerprint density at radius 3 is 2.55 bits per heavy atom. The van der Waals surface area contributed by atoms with Crippen molar-refractivity contribution >= 4 is 0 Å². The number of hydrogen-bond acceptors (Lipinski definition) is 2. The highest BCUT2D eigenvalue weighted by Crippen LogP contribution is 2.20. The quantitative estimate of drug-likeness (QED) is 0.558. The highest BCUT2D eigenvalue weighted by Gasteiger charge is 2.11. The van der Waals surface area contributed by atoms with E-state index in [0.29, 0.717) is 6.04 Å². The summed E-state index contributed by atoms with van der Waals surface area (Å²) in [5, 5.41) is 8.44. The van der Waals surface area contributed by atoms with Crippen LogP contribution in [0, 0.1) is 0 Å². The van der Waals surface area contributed by atoms with Gasteiger partial charge in [-0.3, -0.25) is 0 Å². The predicted molar refractivity (Wildman–Crippen MR) is 46.9 cm³/mol. The predicted octanol–water partition coefficient (Wildman–Crippen LogP) is 3.18. The summed E-state index contributed by atoms with van der Waals surface area (Å²) in [5.74, 6) is 0. The molecule has 0 N–H and O–H groups in total. The Labute approximate surface area is 69.1 Å². The van der Waals surface area contributed by atoms with Crippen molar-refractivity contribution < 1.29 is 0 Å². The molecule has 64 valence electrons. The van der Waals surface area contributed by atoms with Crippen molar-refractivity contribution in [2.24, 2.45) is 10.2 Å². The molecular formula is C9H18N2. The summed E-state index contributed by atoms with van der Waals surface area (Å²) in [4.78, 5) is 0. The first-order chi connectivity index (χ1) is 5.43. The van der Waals surface area contributed by atoms with Crippen molar-refractivity contribution in [1.29, 1.82) is 0 Å². The summed E-state index contributed by atoms with van der Waals surface area (Å²) in [6.45, 7) is 3.05. The van der Waals surface area contributed by atoms with Gasteiger partial charge in [0.05, 0.1) is 12.6 Å². The van der Waals surface area contributed by atoms with Crippen LogP contribution < -0.4 is 0 Å². The second-order valence-electron chi connectivity index (χ2n) is 3.27. The highest BCUT2D eigenvalue weighted by molar-refractivity contribution is 4.69. The van der Waals surface area contributed by atoms with Gasteiger partial charge in [-0.15, -0.1) is 0 Å². The molecule has 0 aliphatic heterocycles. The van der Waals surface area contributed by atoms with Crippen LogP contribution >= 0.6 is 0 Å². The molecule has 1 rings (SSSR count). The van der Waals surface area contributed by atoms with Gasteiger partial charge in [-0.05, 0) is 19.3 Å². The van der Waals surface area contributed by atoms with E-state index in [1.807, 2.05) is 0 Å². The molecule has 1 aliphatic rings. The van der Waals surface area contributed by atoms with Gasteiger partial charge >= 0.3 is 0 Å². The van der Waals surface area contributed by atoms with E-state index < -0.39 is 0 Å². The molecule has 0 radical (unpaired) electrons. The Hall–Kier alpha value is -0.400. The van der Waals surface area contributed by atoms with Gasteiger partial charge < -0.3 is 0 Å². The third-order valence-corrected chi connectivity index (χ3v) is 2.14. The van der Waals surface area contributed by atoms with Gasteiger partial charge in [0.25, 0.3) is 0 Å². The third kappa shape index (κ3) is 3.49. The number of rotatable bonds is 3. The molecule has 2 heteroatoms. The van der Waals surface area contributed by atoms with Crippen molar-refractivity contribution in [3.8, 4) is 0 Å². The molecule has 0 bridgehead atoms. The van der Waals surface area contributed by atoms with Gasteiger partial charge in [0.1, 0.15) is 0 Å². The SMILES string of the molecule is CCCN=NC1CCCCC1. The molecule has 11 heavy (non-hydrogen) atoms. The van der Waals surface area contributed by atoms with Gasteiger partial charge in [0.2, 0.25) is 0 Å². The van der Waals surface area contributed by atoms with E-state index in [1.165, 1.54) is 32.1 Å². The second kappa shape index (κ2) is 5.28. The molecule has 1 fully saturated rings. The molecule has 2 nitrogen and oxygen atoms in total. The van der Waals surface area contributed by atoms with E-state index in [2.05, 4.69) is 17.2 Å². The van der Waals surface area contributed by atoms with Crippen LogP contribution in [0.15, 0.2) is 10.2 Å². The van der Waals surface area contributed by atoms with Crippen molar-refractivity contribution in [2.45, 2.75) is 51.5 Å². The van der Waals surface area contributed by atoms with E-state index in [-0.39, 0.29) is 0 Å². The Kier molecular flexibility index (Phi) is 4.17. The number of azo groups is 1. The minimum Gasteiger partial charge on any atom is -0.194 e. The number of hydrogen-bond donors (Lipinski definition) is 0. The molecule has 0 aromatic carbocycles. The summed E-state index contributed by atoms with van der Waals surface area (Å²) in [5.41, 5.74) is 0. The summed E-state index contributed by atoms with van der Waals surface area (Å²) in [6, 6.07) is 0.565. The van der Waals surface area contributed by atoms with Crippen LogP contribution in [0.1, 0.15) is 45.4 Å². The van der Waals surface area contributed by atoms with E-state index in [9.17, 15) is 0 Å². The Morgan fingerprint density at radius 1 is 1.18 bits per heavy atom. The maximum absolute atomic E-state index is 4.30. The molecule has 0 amide bonds. The monoisotopic (exact) mass is 154 g/mol. The average molecular weight is 154 g/mol. The Bertz CT molecular complexity index is 115. The van der Waals surface area contributed by atoms with Crippen LogP contribution in [0.25, 0.3) is 0 Å². The van der Waals surface area contributed by atoms with E-state index in [1.54, 1.807) is 0 Å². The minimum atomic E-state index is 0.565. The summed E-state index contributed by atoms with van der Waals surface area (Å²) < 4.78 is 0. The third-order valence-electron chi connectivity index (χ3n) is 2.14. The lowest BCUT2D eigenvalue weighted by atomic mass is 9.96. The zero-order chi connectivity index (χ0) is 7.94. The maximum atomic E-state index is 4.30. The lowest BCUT2D eigenvalue weighted by molar-refractivity contribution is 0.428. The Balaban J connectivity index is 2.13. The minimum absolute atomic E-state index is 0.565. The van der Waals surface area contributed by atoms with Gasteiger partial charge in [-0.1, -0.05) is 26.2 Å². The molecular weight excluding hydrogens is 136 g/mol. The van der Waals surface area contributed by atoms with Crippen molar-refractivity contribution in [1.82, 2.24) is 0 Å². The van der Waals surface area contributed by atoms with Crippen LogP contribution in [0.3, 0.4) is 0 Å². The van der Waals surface area contributed by atoms with Crippen LogP contribution in [-0.2, 0) is 0 Å². The summed E-state index contributed by atoms with van der Waals surface area (Å²) >= 11 is 0. The fourth-order valence-electron chi connectivity index (χ4n) is 1.47. The molecule has 0 unspecified atom stereocenters. The van der Waals surface area contributed by atoms with Gasteiger partial charge in [-0.25, -0.2) is 0 Å². The molecule has 0 atom stereocenters. The zero-order valence-corrected chi connectivity index (χ0v) is 7.42. The Morgan fingerprint density at radius 2 is 1.91 bits per heavy atom. The molecule has 0 saturated heterocycles. The van der Waals surface area contributed by atoms with Crippen molar-refractivity contribution in [3.05, 3.63) is 0 Å². The molecule has 0 aromatic heterocycles. The van der Waals surface area contributed by atoms with Crippen LogP contribution in [0.4, 0.5) is 0 Å². The maximum Gasteiger partial charge on any atom is 0.0708 e. The first-order valence-corrected chi connectivity index (χ1v) is 4.80. The van der Waals surface area contributed by atoms with Crippen LogP contribution in [0.5, 0.6) is 0 Å². The van der Waals surface area contributed by atoms with E-state index in [0.717, 1.165) is 13.0 Å². The normalized spacial score (nSPS) is 21.2. The van der Waals surface area contributed by atoms with Crippen molar-refractivity contribution in [2.75, 3.05) is 6.54 Å². The lowest BCUT2D eigenvalue weighted by Gasteiger charge is -2.15. The average Bonchev–Trinajstić information content (AvgIpc) is 2.07. The molecule has 1 saturated carbocycles. The summed E-state index contributed by atoms with van der Waals surface area (Å²) in [7, 11) is 0. The molecule has 0 spiro atoms. The van der Waals surface area contributed by atoms with Gasteiger partial charge in [0.15, 0.2) is 0 Å². The van der Waals surface area contributed by atoms with E-state index >= 15 is 0 Å². The first-order valence-electron chi connectivity index (χ1n) is 4.80. The fraction of sp³-hybridized carbons (Fsp3) is 1.00. The first kappa shape index (κ1) is 8.69. The zero-order valence-electron chi connectivity index (χ0n) is 7.42. The lowest BCUT2D eigenvalue weighted by Crippen LogP contribution is -2.08. The van der Waals surface area contributed by atoms with Crippen LogP contribution in [0.2, 0.25) is 0 Å². The molecule has 0 aromatic rings. The molecule has 1 aliphatic carbocycles. The number of nitrogens with zero attached hydrogens (tertiary/aromatic N) is 2. The van der Waals surface area contributed by atoms with Gasteiger partial charge in [0, 0.05) is 0 Å².